The molecule has 5 heteroatoms. The highest BCUT2D eigenvalue weighted by atomic mass is 16.4. The molecule has 102 valence electrons. The zero-order chi connectivity index (χ0) is 14.0. The van der Waals surface area contributed by atoms with E-state index >= 15 is 0 Å². The fourth-order valence-electron chi connectivity index (χ4n) is 2.38. The molecule has 0 unspecified atom stereocenters. The molecule has 0 radical (unpaired) electrons. The fraction of sp³-hybridized carbons (Fsp3) is 0.500. The summed E-state index contributed by atoms with van der Waals surface area (Å²) in [6, 6.07) is 1.98. The molecular weight excluding hydrogens is 242 g/mol. The Balaban J connectivity index is 2.72. The summed E-state index contributed by atoms with van der Waals surface area (Å²) in [6.07, 6.45) is 2.34. The van der Waals surface area contributed by atoms with Crippen molar-refractivity contribution in [2.45, 2.75) is 46.5 Å². The Morgan fingerprint density at radius 3 is 2.53 bits per heavy atom. The normalized spacial score (nSPS) is 11.1. The van der Waals surface area contributed by atoms with Crippen LogP contribution in [0.3, 0.4) is 0 Å². The van der Waals surface area contributed by atoms with Gasteiger partial charge in [-0.15, -0.1) is 0 Å². The monoisotopic (exact) mass is 261 g/mol. The van der Waals surface area contributed by atoms with Crippen LogP contribution in [0.15, 0.2) is 6.07 Å². The maximum Gasteiger partial charge on any atom is 0.307 e. The predicted octanol–water partition coefficient (Wildman–Crippen LogP) is 2.04. The minimum Gasteiger partial charge on any atom is -0.481 e. The molecule has 2 aromatic heterocycles. The minimum atomic E-state index is -0.826. The number of aryl methyl sites for hydroxylation is 3. The van der Waals surface area contributed by atoms with Gasteiger partial charge in [0, 0.05) is 23.0 Å². The van der Waals surface area contributed by atoms with Crippen LogP contribution in [0.1, 0.15) is 43.4 Å². The van der Waals surface area contributed by atoms with Crippen LogP contribution in [0, 0.1) is 0 Å². The van der Waals surface area contributed by atoms with Crippen molar-refractivity contribution in [3.8, 4) is 0 Å². The molecular formula is C14H19N3O2. The molecule has 1 N–H and O–H groups in total. The number of carbonyl (C=O) groups is 1. The highest BCUT2D eigenvalue weighted by molar-refractivity contribution is 5.71. The zero-order valence-electron chi connectivity index (χ0n) is 11.6. The Bertz CT molecular complexity index is 617. The summed E-state index contributed by atoms with van der Waals surface area (Å²) in [5.41, 5.74) is 4.45. The van der Waals surface area contributed by atoms with E-state index < -0.39 is 5.97 Å². The third kappa shape index (κ3) is 2.45. The van der Waals surface area contributed by atoms with Gasteiger partial charge < -0.3 is 5.11 Å². The fourth-order valence-corrected chi connectivity index (χ4v) is 2.38. The Kier molecular flexibility index (Phi) is 3.83. The Labute approximate surface area is 112 Å². The van der Waals surface area contributed by atoms with E-state index in [4.69, 9.17) is 5.11 Å². The van der Waals surface area contributed by atoms with Crippen LogP contribution in [-0.2, 0) is 30.5 Å². The number of aromatic nitrogens is 3. The van der Waals surface area contributed by atoms with E-state index in [-0.39, 0.29) is 6.42 Å². The smallest absolute Gasteiger partial charge is 0.307 e. The van der Waals surface area contributed by atoms with Crippen LogP contribution in [0.5, 0.6) is 0 Å². The number of hydrogen-bond acceptors (Lipinski definition) is 3. The van der Waals surface area contributed by atoms with Gasteiger partial charge in [0.05, 0.1) is 12.1 Å². The third-order valence-electron chi connectivity index (χ3n) is 3.30. The second-order valence-electron chi connectivity index (χ2n) is 4.52. The molecule has 0 saturated heterocycles. The molecule has 0 amide bonds. The highest BCUT2D eigenvalue weighted by Gasteiger charge is 2.17. The van der Waals surface area contributed by atoms with Gasteiger partial charge >= 0.3 is 5.97 Å². The number of fused-ring (bicyclic) bond motifs is 1. The zero-order valence-corrected chi connectivity index (χ0v) is 11.6. The molecule has 2 heterocycles. The van der Waals surface area contributed by atoms with Crippen molar-refractivity contribution in [3.63, 3.8) is 0 Å². The van der Waals surface area contributed by atoms with Crippen LogP contribution in [0.2, 0.25) is 0 Å². The van der Waals surface area contributed by atoms with Crippen molar-refractivity contribution in [2.24, 2.45) is 0 Å². The largest absolute Gasteiger partial charge is 0.481 e. The molecule has 0 fully saturated rings. The first kappa shape index (κ1) is 13.5. The van der Waals surface area contributed by atoms with Crippen LogP contribution < -0.4 is 0 Å². The number of hydrogen-bond donors (Lipinski definition) is 1. The first-order chi connectivity index (χ1) is 9.10. The van der Waals surface area contributed by atoms with Gasteiger partial charge in [0.15, 0.2) is 5.65 Å². The van der Waals surface area contributed by atoms with E-state index in [9.17, 15) is 4.79 Å². The Morgan fingerprint density at radius 1 is 1.26 bits per heavy atom. The average molecular weight is 261 g/mol. The quantitative estimate of drug-likeness (QED) is 0.894. The van der Waals surface area contributed by atoms with Crippen molar-refractivity contribution >= 4 is 11.6 Å². The maximum atomic E-state index is 11.0. The first-order valence-electron chi connectivity index (χ1n) is 6.71. The molecule has 2 aromatic rings. The minimum absolute atomic E-state index is 0.0105. The number of rotatable bonds is 5. The second kappa shape index (κ2) is 5.38. The van der Waals surface area contributed by atoms with Crippen molar-refractivity contribution in [3.05, 3.63) is 28.7 Å². The lowest BCUT2D eigenvalue weighted by Crippen LogP contribution is -2.13. The van der Waals surface area contributed by atoms with Crippen LogP contribution >= 0.6 is 0 Å². The summed E-state index contributed by atoms with van der Waals surface area (Å²) in [5, 5.41) is 13.6. The standard InChI is InChI=1S/C14H19N3O2/c1-4-9-7-13-15-11(5-2)10(8-14(18)19)12(6-3)17(13)16-9/h7H,4-6,8H2,1-3H3,(H,18,19). The van der Waals surface area contributed by atoms with Crippen LogP contribution in [0.25, 0.3) is 5.65 Å². The molecule has 0 saturated carbocycles. The molecule has 0 aliphatic rings. The van der Waals surface area contributed by atoms with Crippen LogP contribution in [-0.4, -0.2) is 25.7 Å². The summed E-state index contributed by atoms with van der Waals surface area (Å²) in [4.78, 5) is 15.6. The number of carboxylic acids is 1. The molecule has 2 rings (SSSR count). The van der Waals surface area contributed by atoms with Gasteiger partial charge in [0.25, 0.3) is 0 Å². The number of aliphatic carboxylic acids is 1. The Hall–Kier alpha value is -1.91. The van der Waals surface area contributed by atoms with Crippen molar-refractivity contribution < 1.29 is 9.90 Å². The van der Waals surface area contributed by atoms with Crippen molar-refractivity contribution in [1.82, 2.24) is 14.6 Å². The topological polar surface area (TPSA) is 67.5 Å². The number of carboxylic acid groups (broad SMARTS) is 1. The molecule has 0 aliphatic carbocycles. The van der Waals surface area contributed by atoms with Gasteiger partial charge in [-0.05, 0) is 19.3 Å². The summed E-state index contributed by atoms with van der Waals surface area (Å²) in [7, 11) is 0. The maximum absolute atomic E-state index is 11.0. The molecule has 0 atom stereocenters. The summed E-state index contributed by atoms with van der Waals surface area (Å²) in [6.45, 7) is 6.07. The second-order valence-corrected chi connectivity index (χ2v) is 4.52. The molecule has 19 heavy (non-hydrogen) atoms. The predicted molar refractivity (Wildman–Crippen MR) is 72.5 cm³/mol. The summed E-state index contributed by atoms with van der Waals surface area (Å²) in [5.74, 6) is -0.826. The molecule has 0 bridgehead atoms. The lowest BCUT2D eigenvalue weighted by atomic mass is 10.0. The van der Waals surface area contributed by atoms with E-state index in [1.54, 1.807) is 4.52 Å². The van der Waals surface area contributed by atoms with Crippen molar-refractivity contribution in [1.29, 1.82) is 0 Å². The third-order valence-corrected chi connectivity index (χ3v) is 3.30. The molecule has 0 spiro atoms. The molecule has 0 aliphatic heterocycles. The summed E-state index contributed by atoms with van der Waals surface area (Å²) >= 11 is 0. The number of nitrogens with zero attached hydrogens (tertiary/aromatic N) is 3. The van der Waals surface area contributed by atoms with Gasteiger partial charge in [0.1, 0.15) is 0 Å². The lowest BCUT2D eigenvalue weighted by molar-refractivity contribution is -0.136. The van der Waals surface area contributed by atoms with Gasteiger partial charge in [-0.25, -0.2) is 9.50 Å². The van der Waals surface area contributed by atoms with E-state index in [0.29, 0.717) is 0 Å². The highest BCUT2D eigenvalue weighted by Crippen LogP contribution is 2.19. The lowest BCUT2D eigenvalue weighted by Gasteiger charge is -2.12. The first-order valence-corrected chi connectivity index (χ1v) is 6.71. The van der Waals surface area contributed by atoms with E-state index in [0.717, 1.165) is 47.6 Å². The molecule has 0 aromatic carbocycles. The Morgan fingerprint density at radius 2 is 2.00 bits per heavy atom. The van der Waals surface area contributed by atoms with Gasteiger partial charge in [-0.2, -0.15) is 5.10 Å². The van der Waals surface area contributed by atoms with E-state index in [2.05, 4.69) is 10.1 Å². The van der Waals surface area contributed by atoms with E-state index in [1.165, 1.54) is 0 Å². The van der Waals surface area contributed by atoms with Gasteiger partial charge in [-0.3, -0.25) is 4.79 Å². The average Bonchev–Trinajstić information content (AvgIpc) is 2.79. The van der Waals surface area contributed by atoms with E-state index in [1.807, 2.05) is 26.8 Å². The summed E-state index contributed by atoms with van der Waals surface area (Å²) < 4.78 is 1.80. The van der Waals surface area contributed by atoms with Gasteiger partial charge in [-0.1, -0.05) is 20.8 Å². The van der Waals surface area contributed by atoms with Crippen molar-refractivity contribution in [2.75, 3.05) is 0 Å². The molecule has 5 nitrogen and oxygen atoms in total. The van der Waals surface area contributed by atoms with Gasteiger partial charge in [0.2, 0.25) is 0 Å². The van der Waals surface area contributed by atoms with Crippen LogP contribution in [0.4, 0.5) is 0 Å². The SMILES string of the molecule is CCc1cc2nc(CC)c(CC(=O)O)c(CC)n2n1.